The molecule has 3 fully saturated rings. The van der Waals surface area contributed by atoms with Crippen LogP contribution in [0.25, 0.3) is 0 Å². The molecule has 2 unspecified atom stereocenters. The van der Waals surface area contributed by atoms with Crippen LogP contribution >= 0.6 is 11.8 Å². The Morgan fingerprint density at radius 1 is 1.16 bits per heavy atom. The first-order valence-electron chi connectivity index (χ1n) is 8.38. The summed E-state index contributed by atoms with van der Waals surface area (Å²) in [5.41, 5.74) is 0.476. The third-order valence-corrected chi connectivity index (χ3v) is 6.80. The van der Waals surface area contributed by atoms with Crippen LogP contribution in [0.1, 0.15) is 58.3 Å². The average molecular weight is 282 g/mol. The molecule has 19 heavy (non-hydrogen) atoms. The normalized spacial score (nSPS) is 36.5. The van der Waals surface area contributed by atoms with Crippen LogP contribution in [0.15, 0.2) is 0 Å². The van der Waals surface area contributed by atoms with Crippen molar-refractivity contribution in [2.75, 3.05) is 25.4 Å². The Hall–Kier alpha value is 0.270. The molecule has 0 amide bonds. The third kappa shape index (κ3) is 3.48. The van der Waals surface area contributed by atoms with Crippen LogP contribution < -0.4 is 5.32 Å². The lowest BCUT2D eigenvalue weighted by Crippen LogP contribution is -2.64. The van der Waals surface area contributed by atoms with E-state index in [2.05, 4.69) is 28.9 Å². The van der Waals surface area contributed by atoms with Gasteiger partial charge in [-0.25, -0.2) is 0 Å². The van der Waals surface area contributed by atoms with Crippen molar-refractivity contribution in [3.63, 3.8) is 0 Å². The van der Waals surface area contributed by atoms with Gasteiger partial charge in [0.15, 0.2) is 0 Å². The summed E-state index contributed by atoms with van der Waals surface area (Å²) in [5.74, 6) is 1.40. The van der Waals surface area contributed by atoms with E-state index in [9.17, 15) is 0 Å². The van der Waals surface area contributed by atoms with Crippen molar-refractivity contribution in [3.8, 4) is 0 Å². The quantitative estimate of drug-likeness (QED) is 0.837. The Morgan fingerprint density at radius 3 is 2.74 bits per heavy atom. The average Bonchev–Trinajstić information content (AvgIpc) is 2.45. The molecule has 1 spiro atoms. The lowest BCUT2D eigenvalue weighted by atomic mass is 9.79. The fraction of sp³-hybridized carbons (Fsp3) is 1.00. The van der Waals surface area contributed by atoms with Gasteiger partial charge < -0.3 is 5.32 Å². The second-order valence-electron chi connectivity index (χ2n) is 6.99. The topological polar surface area (TPSA) is 15.3 Å². The van der Waals surface area contributed by atoms with Crippen LogP contribution in [0.3, 0.4) is 0 Å². The first-order valence-corrected chi connectivity index (χ1v) is 9.43. The first-order chi connectivity index (χ1) is 9.27. The molecule has 3 rings (SSSR count). The Labute approximate surface area is 123 Å². The standard InChI is InChI=1S/C16H30N2S/c1-14-11-17-16(8-4-2-5-9-16)13-18(14)12-15-7-3-6-10-19-15/h14-15,17H,2-13H2,1H3. The molecular weight excluding hydrogens is 252 g/mol. The van der Waals surface area contributed by atoms with Crippen LogP contribution in [0.4, 0.5) is 0 Å². The molecule has 0 aromatic carbocycles. The van der Waals surface area contributed by atoms with E-state index >= 15 is 0 Å². The number of nitrogens with one attached hydrogen (secondary N) is 1. The smallest absolute Gasteiger partial charge is 0.0309 e. The molecule has 0 aromatic heterocycles. The molecule has 1 saturated carbocycles. The van der Waals surface area contributed by atoms with E-state index in [0.717, 1.165) is 11.3 Å². The Balaban J connectivity index is 1.58. The van der Waals surface area contributed by atoms with Gasteiger partial charge in [-0.05, 0) is 38.4 Å². The maximum Gasteiger partial charge on any atom is 0.0309 e. The molecule has 0 radical (unpaired) electrons. The van der Waals surface area contributed by atoms with Gasteiger partial charge in [-0.2, -0.15) is 11.8 Å². The monoisotopic (exact) mass is 282 g/mol. The largest absolute Gasteiger partial charge is 0.308 e. The Bertz CT molecular complexity index is 282. The van der Waals surface area contributed by atoms with Gasteiger partial charge in [-0.3, -0.25) is 4.90 Å². The van der Waals surface area contributed by atoms with Crippen LogP contribution in [0.5, 0.6) is 0 Å². The van der Waals surface area contributed by atoms with Crippen molar-refractivity contribution in [3.05, 3.63) is 0 Å². The molecule has 110 valence electrons. The zero-order chi connectivity index (χ0) is 13.1. The van der Waals surface area contributed by atoms with Crippen LogP contribution in [0.2, 0.25) is 0 Å². The van der Waals surface area contributed by atoms with Gasteiger partial charge in [0.05, 0.1) is 0 Å². The molecule has 2 saturated heterocycles. The lowest BCUT2D eigenvalue weighted by Gasteiger charge is -2.50. The minimum Gasteiger partial charge on any atom is -0.308 e. The molecule has 1 aliphatic carbocycles. The van der Waals surface area contributed by atoms with E-state index in [1.54, 1.807) is 0 Å². The van der Waals surface area contributed by atoms with Crippen molar-refractivity contribution in [2.24, 2.45) is 0 Å². The van der Waals surface area contributed by atoms with Crippen molar-refractivity contribution < 1.29 is 0 Å². The highest BCUT2D eigenvalue weighted by Gasteiger charge is 2.39. The Kier molecular flexibility index (Phi) is 4.76. The molecule has 3 aliphatic rings. The second kappa shape index (κ2) is 6.36. The summed E-state index contributed by atoms with van der Waals surface area (Å²) in [6, 6.07) is 0.732. The molecule has 1 N–H and O–H groups in total. The minimum absolute atomic E-state index is 0.476. The van der Waals surface area contributed by atoms with Crippen LogP contribution in [-0.2, 0) is 0 Å². The fourth-order valence-electron chi connectivity index (χ4n) is 4.11. The molecule has 3 heteroatoms. The summed E-state index contributed by atoms with van der Waals surface area (Å²) in [5, 5.41) is 4.81. The zero-order valence-electron chi connectivity index (χ0n) is 12.5. The summed E-state index contributed by atoms with van der Waals surface area (Å²) < 4.78 is 0. The van der Waals surface area contributed by atoms with Gasteiger partial charge in [-0.15, -0.1) is 0 Å². The van der Waals surface area contributed by atoms with Crippen LogP contribution in [0, 0.1) is 0 Å². The van der Waals surface area contributed by atoms with Crippen LogP contribution in [-0.4, -0.2) is 47.1 Å². The minimum atomic E-state index is 0.476. The number of thioether (sulfide) groups is 1. The number of nitrogens with zero attached hydrogens (tertiary/aromatic N) is 1. The summed E-state index contributed by atoms with van der Waals surface area (Å²) in [7, 11) is 0. The zero-order valence-corrected chi connectivity index (χ0v) is 13.3. The van der Waals surface area contributed by atoms with Gasteiger partial charge in [0.2, 0.25) is 0 Å². The SMILES string of the molecule is CC1CNC2(CCCCC2)CN1CC1CCCCS1. The highest BCUT2D eigenvalue weighted by molar-refractivity contribution is 7.99. The fourth-order valence-corrected chi connectivity index (χ4v) is 5.45. The van der Waals surface area contributed by atoms with E-state index < -0.39 is 0 Å². The molecule has 2 aliphatic heterocycles. The summed E-state index contributed by atoms with van der Waals surface area (Å²) in [6.07, 6.45) is 11.5. The molecule has 0 bridgehead atoms. The predicted molar refractivity (Wildman–Crippen MR) is 85.0 cm³/mol. The summed E-state index contributed by atoms with van der Waals surface area (Å²) >= 11 is 2.23. The van der Waals surface area contributed by atoms with Crippen molar-refractivity contribution in [1.29, 1.82) is 0 Å². The summed E-state index contributed by atoms with van der Waals surface area (Å²) in [4.78, 5) is 2.81. The second-order valence-corrected chi connectivity index (χ2v) is 8.40. The number of piperazine rings is 1. The van der Waals surface area contributed by atoms with Crippen molar-refractivity contribution >= 4 is 11.8 Å². The van der Waals surface area contributed by atoms with Gasteiger partial charge in [0, 0.05) is 36.5 Å². The van der Waals surface area contributed by atoms with E-state index in [4.69, 9.17) is 0 Å². The molecule has 2 nitrogen and oxygen atoms in total. The molecular formula is C16H30N2S. The predicted octanol–water partition coefficient (Wildman–Crippen LogP) is 3.27. The van der Waals surface area contributed by atoms with Gasteiger partial charge in [-0.1, -0.05) is 25.7 Å². The number of hydrogen-bond acceptors (Lipinski definition) is 3. The van der Waals surface area contributed by atoms with Crippen molar-refractivity contribution in [1.82, 2.24) is 10.2 Å². The highest BCUT2D eigenvalue weighted by atomic mass is 32.2. The van der Waals surface area contributed by atoms with E-state index in [1.807, 2.05) is 0 Å². The molecule has 2 heterocycles. The molecule has 2 atom stereocenters. The summed E-state index contributed by atoms with van der Waals surface area (Å²) in [6.45, 7) is 6.27. The van der Waals surface area contributed by atoms with E-state index in [1.165, 1.54) is 76.8 Å². The number of rotatable bonds is 2. The van der Waals surface area contributed by atoms with Gasteiger partial charge in [0.25, 0.3) is 0 Å². The van der Waals surface area contributed by atoms with Gasteiger partial charge >= 0.3 is 0 Å². The van der Waals surface area contributed by atoms with Crippen molar-refractivity contribution in [2.45, 2.75) is 75.1 Å². The Morgan fingerprint density at radius 2 is 2.00 bits per heavy atom. The molecule has 0 aromatic rings. The lowest BCUT2D eigenvalue weighted by molar-refractivity contribution is 0.0626. The third-order valence-electron chi connectivity index (χ3n) is 5.42. The maximum atomic E-state index is 3.90. The van der Waals surface area contributed by atoms with E-state index in [0.29, 0.717) is 5.54 Å². The maximum absolute atomic E-state index is 3.90. The van der Waals surface area contributed by atoms with Gasteiger partial charge in [0.1, 0.15) is 0 Å². The first kappa shape index (κ1) is 14.2. The number of hydrogen-bond donors (Lipinski definition) is 1. The highest BCUT2D eigenvalue weighted by Crippen LogP contribution is 2.33. The van der Waals surface area contributed by atoms with E-state index in [-0.39, 0.29) is 0 Å².